The second-order valence-corrected chi connectivity index (χ2v) is 8.95. The molecule has 0 N–H and O–H groups in total. The fourth-order valence-corrected chi connectivity index (χ4v) is 4.96. The second-order valence-electron chi connectivity index (χ2n) is 6.88. The Balaban J connectivity index is 2.20. The zero-order valence-corrected chi connectivity index (χ0v) is 15.0. The Morgan fingerprint density at radius 3 is 2.50 bits per heavy atom. The van der Waals surface area contributed by atoms with Gasteiger partial charge in [-0.2, -0.15) is 0 Å². The van der Waals surface area contributed by atoms with Crippen LogP contribution in [0.2, 0.25) is 0 Å². The molecule has 2 aliphatic carbocycles. The van der Waals surface area contributed by atoms with Crippen LogP contribution in [0.1, 0.15) is 40.0 Å². The number of ether oxygens (including phenoxy) is 1. The van der Waals surface area contributed by atoms with Crippen LogP contribution >= 0.6 is 7.60 Å². The van der Waals surface area contributed by atoms with Crippen molar-refractivity contribution in [3.63, 3.8) is 0 Å². The fraction of sp³-hybridized carbons (Fsp3) is 0.812. The minimum Gasteiger partial charge on any atom is -0.498 e. The zero-order chi connectivity index (χ0) is 16.5. The average molecular weight is 330 g/mol. The summed E-state index contributed by atoms with van der Waals surface area (Å²) in [7, 11) is -0.604. The molecule has 6 heteroatoms. The highest BCUT2D eigenvalue weighted by atomic mass is 31.2. The van der Waals surface area contributed by atoms with Gasteiger partial charge in [-0.25, -0.2) is 0 Å². The van der Waals surface area contributed by atoms with Gasteiger partial charge in [0.1, 0.15) is 11.5 Å². The van der Waals surface area contributed by atoms with Gasteiger partial charge in [-0.3, -0.25) is 9.36 Å². The minimum absolute atomic E-state index is 0.0475. The van der Waals surface area contributed by atoms with E-state index in [1.165, 1.54) is 20.0 Å². The molecule has 2 aliphatic rings. The van der Waals surface area contributed by atoms with E-state index in [0.29, 0.717) is 30.5 Å². The third-order valence-electron chi connectivity index (χ3n) is 5.13. The van der Waals surface area contributed by atoms with E-state index in [-0.39, 0.29) is 17.3 Å². The molecule has 0 spiro atoms. The first-order valence-electron chi connectivity index (χ1n) is 7.85. The molecule has 2 rings (SSSR count). The van der Waals surface area contributed by atoms with Crippen molar-refractivity contribution >= 4 is 13.4 Å². The number of hydrogen-bond donors (Lipinski definition) is 0. The molecular formula is C16H27O5P. The highest BCUT2D eigenvalue weighted by molar-refractivity contribution is 7.57. The topological polar surface area (TPSA) is 61.8 Å². The van der Waals surface area contributed by atoms with Crippen molar-refractivity contribution in [3.8, 4) is 0 Å². The van der Waals surface area contributed by atoms with Crippen molar-refractivity contribution in [1.29, 1.82) is 0 Å². The molecule has 0 aromatic heterocycles. The average Bonchev–Trinajstić information content (AvgIpc) is 2.93. The molecule has 5 nitrogen and oxygen atoms in total. The number of rotatable bonds is 7. The van der Waals surface area contributed by atoms with E-state index in [4.69, 9.17) is 13.8 Å². The van der Waals surface area contributed by atoms with Crippen molar-refractivity contribution in [2.75, 3.05) is 20.8 Å². The molecule has 0 unspecified atom stereocenters. The van der Waals surface area contributed by atoms with Gasteiger partial charge in [0, 0.05) is 32.5 Å². The smallest absolute Gasteiger partial charge is 0.357 e. The molecule has 3 atom stereocenters. The van der Waals surface area contributed by atoms with E-state index in [1.54, 1.807) is 0 Å². The lowest BCUT2D eigenvalue weighted by molar-refractivity contribution is -0.128. The van der Waals surface area contributed by atoms with Crippen LogP contribution in [0, 0.1) is 23.2 Å². The van der Waals surface area contributed by atoms with Crippen LogP contribution in [0.25, 0.3) is 0 Å². The van der Waals surface area contributed by atoms with Crippen molar-refractivity contribution in [2.24, 2.45) is 23.2 Å². The minimum atomic E-state index is -3.29. The molecule has 0 heterocycles. The molecule has 0 radical (unpaired) electrons. The van der Waals surface area contributed by atoms with Crippen LogP contribution in [0.15, 0.2) is 11.6 Å². The van der Waals surface area contributed by atoms with Crippen LogP contribution in [0.4, 0.5) is 0 Å². The van der Waals surface area contributed by atoms with E-state index < -0.39 is 7.60 Å². The molecule has 2 fully saturated rings. The predicted molar refractivity (Wildman–Crippen MR) is 84.4 cm³/mol. The number of ketones is 1. The maximum atomic E-state index is 12.5. The quantitative estimate of drug-likeness (QED) is 0.522. The molecule has 0 aromatic carbocycles. The Labute approximate surface area is 132 Å². The summed E-state index contributed by atoms with van der Waals surface area (Å²) < 4.78 is 27.8. The van der Waals surface area contributed by atoms with E-state index in [1.807, 2.05) is 6.92 Å². The number of Topliss-reactive ketones (excluding diaryl/α,β-unsaturated/α-hetero) is 1. The number of carbonyl (C=O) groups excluding carboxylic acids is 1. The molecule has 2 bridgehead atoms. The van der Waals surface area contributed by atoms with Gasteiger partial charge in [-0.1, -0.05) is 13.8 Å². The first-order valence-corrected chi connectivity index (χ1v) is 9.47. The normalized spacial score (nSPS) is 30.9. The molecular weight excluding hydrogens is 303 g/mol. The maximum Gasteiger partial charge on any atom is 0.357 e. The van der Waals surface area contributed by atoms with Gasteiger partial charge in [0.25, 0.3) is 0 Å². The van der Waals surface area contributed by atoms with Gasteiger partial charge in [0.15, 0.2) is 0 Å². The Hall–Kier alpha value is -0.640. The number of allylic oxidation sites excluding steroid dienone is 1. The summed E-state index contributed by atoms with van der Waals surface area (Å²) in [6.07, 6.45) is 2.44. The number of hydrogen-bond acceptors (Lipinski definition) is 5. The molecule has 2 saturated carbocycles. The Morgan fingerprint density at radius 1 is 1.36 bits per heavy atom. The van der Waals surface area contributed by atoms with E-state index in [9.17, 15) is 9.36 Å². The fourth-order valence-electron chi connectivity index (χ4n) is 4.07. The van der Waals surface area contributed by atoms with E-state index in [0.717, 1.165) is 12.8 Å². The summed E-state index contributed by atoms with van der Waals surface area (Å²) in [6, 6.07) is 0. The van der Waals surface area contributed by atoms with Crippen LogP contribution in [0.5, 0.6) is 0 Å². The number of fused-ring (bicyclic) bond motifs is 2. The first kappa shape index (κ1) is 17.7. The van der Waals surface area contributed by atoms with Crippen molar-refractivity contribution < 1.29 is 23.1 Å². The van der Waals surface area contributed by atoms with Gasteiger partial charge < -0.3 is 13.8 Å². The summed E-state index contributed by atoms with van der Waals surface area (Å²) in [5.74, 6) is 2.80. The molecule has 126 valence electrons. The van der Waals surface area contributed by atoms with Crippen LogP contribution in [-0.4, -0.2) is 26.6 Å². The summed E-state index contributed by atoms with van der Waals surface area (Å²) in [6.45, 7) is 6.79. The summed E-state index contributed by atoms with van der Waals surface area (Å²) >= 11 is 0. The monoisotopic (exact) mass is 330 g/mol. The molecule has 0 amide bonds. The largest absolute Gasteiger partial charge is 0.498 e. The molecule has 0 saturated heterocycles. The standard InChI is InChI=1S/C16H27O5P/c1-6-21-12(10-22(18,19-4)20-5)8-13-14-7-11(15(13)17)9-16(14,2)3/h10-11,13-14H,6-9H2,1-5H3/b12-10-/t11-,13+,14+/m0/s1. The van der Waals surface area contributed by atoms with Crippen LogP contribution < -0.4 is 0 Å². The lowest BCUT2D eigenvalue weighted by Gasteiger charge is -2.35. The van der Waals surface area contributed by atoms with Crippen molar-refractivity contribution in [3.05, 3.63) is 11.6 Å². The van der Waals surface area contributed by atoms with Gasteiger partial charge in [-0.15, -0.1) is 0 Å². The van der Waals surface area contributed by atoms with E-state index >= 15 is 0 Å². The maximum absolute atomic E-state index is 12.5. The Morgan fingerprint density at radius 2 is 2.00 bits per heavy atom. The predicted octanol–water partition coefficient (Wildman–Crippen LogP) is 3.99. The summed E-state index contributed by atoms with van der Waals surface area (Å²) in [5.41, 5.74) is 0.187. The third-order valence-corrected chi connectivity index (χ3v) is 6.75. The Kier molecular flexibility index (Phi) is 5.20. The highest BCUT2D eigenvalue weighted by Crippen LogP contribution is 2.58. The summed E-state index contributed by atoms with van der Waals surface area (Å²) in [5, 5.41) is 0. The lowest BCUT2D eigenvalue weighted by Crippen LogP contribution is -2.34. The van der Waals surface area contributed by atoms with Gasteiger partial charge in [0.05, 0.1) is 12.4 Å². The first-order chi connectivity index (χ1) is 10.3. The van der Waals surface area contributed by atoms with Crippen LogP contribution in [0.3, 0.4) is 0 Å². The number of carbonyl (C=O) groups is 1. The van der Waals surface area contributed by atoms with Gasteiger partial charge in [0.2, 0.25) is 0 Å². The summed E-state index contributed by atoms with van der Waals surface area (Å²) in [4.78, 5) is 12.5. The molecule has 22 heavy (non-hydrogen) atoms. The lowest BCUT2D eigenvalue weighted by atomic mass is 9.69. The van der Waals surface area contributed by atoms with Crippen molar-refractivity contribution in [1.82, 2.24) is 0 Å². The van der Waals surface area contributed by atoms with Gasteiger partial charge in [-0.05, 0) is 31.1 Å². The second kappa shape index (κ2) is 6.46. The SMILES string of the molecule is CCO/C(=C\P(=O)(OC)OC)C[C@H]1C(=O)[C@H]2C[C@H]1C(C)(C)C2. The molecule has 0 aromatic rings. The van der Waals surface area contributed by atoms with Crippen LogP contribution in [-0.2, 0) is 23.1 Å². The van der Waals surface area contributed by atoms with E-state index in [2.05, 4.69) is 13.8 Å². The van der Waals surface area contributed by atoms with Gasteiger partial charge >= 0.3 is 7.60 Å². The zero-order valence-electron chi connectivity index (χ0n) is 14.1. The van der Waals surface area contributed by atoms with Crippen molar-refractivity contribution in [2.45, 2.75) is 40.0 Å². The molecule has 0 aliphatic heterocycles. The Bertz CT molecular complexity index is 503. The third kappa shape index (κ3) is 3.32. The highest BCUT2D eigenvalue weighted by Gasteiger charge is 2.55.